The molecule has 2 atom stereocenters. The van der Waals surface area contributed by atoms with Crippen LogP contribution in [-0.4, -0.2) is 33.4 Å². The molecule has 5 rings (SSSR count). The fourth-order valence-corrected chi connectivity index (χ4v) is 5.22. The van der Waals surface area contributed by atoms with E-state index >= 15 is 0 Å². The maximum absolute atomic E-state index is 14.0. The Morgan fingerprint density at radius 3 is 2.02 bits per heavy atom. The van der Waals surface area contributed by atoms with Gasteiger partial charge in [-0.3, -0.25) is 19.4 Å². The molecule has 0 spiro atoms. The van der Waals surface area contributed by atoms with E-state index < -0.39 is 29.4 Å². The molecule has 0 saturated heterocycles. The van der Waals surface area contributed by atoms with Crippen LogP contribution >= 0.6 is 0 Å². The molecule has 2 N–H and O–H groups in total. The molecule has 3 aromatic carbocycles. The van der Waals surface area contributed by atoms with Gasteiger partial charge in [-0.2, -0.15) is 5.26 Å². The Bertz CT molecular complexity index is 1890. The number of carbonyl (C=O) groups is 3. The number of aromatic nitrogens is 2. The molecule has 0 aliphatic heterocycles. The highest BCUT2D eigenvalue weighted by Gasteiger charge is 2.36. The quantitative estimate of drug-likeness (QED) is 0.151. The molecular weight excluding hydrogens is 602 g/mol. The molecule has 0 aliphatic rings. The zero-order valence-corrected chi connectivity index (χ0v) is 27.1. The summed E-state index contributed by atoms with van der Waals surface area (Å²) in [5.41, 5.74) is 5.09. The van der Waals surface area contributed by atoms with Gasteiger partial charge in [0.2, 0.25) is 11.8 Å². The van der Waals surface area contributed by atoms with Gasteiger partial charge in [0, 0.05) is 30.5 Å². The molecule has 0 saturated carbocycles. The summed E-state index contributed by atoms with van der Waals surface area (Å²) in [4.78, 5) is 44.6. The van der Waals surface area contributed by atoms with E-state index in [9.17, 15) is 14.4 Å². The van der Waals surface area contributed by atoms with E-state index in [0.717, 1.165) is 27.8 Å². The van der Waals surface area contributed by atoms with E-state index in [4.69, 9.17) is 10.00 Å². The minimum absolute atomic E-state index is 0.0789. The molecule has 0 unspecified atom stereocenters. The Morgan fingerprint density at radius 1 is 0.812 bits per heavy atom. The zero-order valence-electron chi connectivity index (χ0n) is 27.1. The molecule has 242 valence electrons. The lowest BCUT2D eigenvalue weighted by molar-refractivity contribution is -0.148. The normalized spacial score (nSPS) is 12.3. The standard InChI is InChI=1S/C39H37N5O4/c1-39(2,3)36(38(47)42-33-17-20-41-21-18-33)43-37(46)34(23-35(45)48-26-28-7-5-4-6-8-28)44-22-19-32(25-44)31-15-13-30(14-16-31)29-11-9-27(24-40)10-12-29/h4-22,25,34,36H,23,26H2,1-3H3,(H,43,46)(H,41,42,47)/t34-,36-/m1/s1. The number of ether oxygens (including phenoxy) is 1. The molecular formula is C39H37N5O4. The number of pyridine rings is 1. The molecule has 9 nitrogen and oxygen atoms in total. The summed E-state index contributed by atoms with van der Waals surface area (Å²) in [6, 6.07) is 30.1. The van der Waals surface area contributed by atoms with Crippen LogP contribution in [-0.2, 0) is 25.7 Å². The molecule has 2 aromatic heterocycles. The van der Waals surface area contributed by atoms with Gasteiger partial charge in [-0.25, -0.2) is 0 Å². The van der Waals surface area contributed by atoms with Crippen LogP contribution in [0.5, 0.6) is 0 Å². The molecule has 0 radical (unpaired) electrons. The van der Waals surface area contributed by atoms with Crippen LogP contribution in [0, 0.1) is 16.7 Å². The van der Waals surface area contributed by atoms with Gasteiger partial charge in [0.15, 0.2) is 0 Å². The van der Waals surface area contributed by atoms with E-state index in [-0.39, 0.29) is 18.9 Å². The summed E-state index contributed by atoms with van der Waals surface area (Å²) in [6.07, 6.45) is 6.46. The van der Waals surface area contributed by atoms with Crippen LogP contribution in [0.4, 0.5) is 5.69 Å². The molecule has 0 aliphatic carbocycles. The molecule has 0 bridgehead atoms. The Balaban J connectivity index is 1.37. The zero-order chi connectivity index (χ0) is 34.1. The van der Waals surface area contributed by atoms with Gasteiger partial charge in [0.25, 0.3) is 0 Å². The van der Waals surface area contributed by atoms with E-state index in [0.29, 0.717) is 11.3 Å². The maximum Gasteiger partial charge on any atom is 0.308 e. The third kappa shape index (κ3) is 8.62. The number of nitriles is 1. The number of carbonyl (C=O) groups excluding carboxylic acids is 3. The summed E-state index contributed by atoms with van der Waals surface area (Å²) >= 11 is 0. The molecule has 5 aromatic rings. The lowest BCUT2D eigenvalue weighted by Crippen LogP contribution is -2.53. The Morgan fingerprint density at radius 2 is 1.42 bits per heavy atom. The monoisotopic (exact) mass is 639 g/mol. The van der Waals surface area contributed by atoms with Crippen molar-refractivity contribution in [2.45, 2.75) is 45.9 Å². The molecule has 9 heteroatoms. The van der Waals surface area contributed by atoms with Crippen molar-refractivity contribution < 1.29 is 19.1 Å². The average Bonchev–Trinajstić information content (AvgIpc) is 3.59. The predicted molar refractivity (Wildman–Crippen MR) is 184 cm³/mol. The Kier molecular flexibility index (Phi) is 10.5. The van der Waals surface area contributed by atoms with Gasteiger partial charge < -0.3 is 19.9 Å². The molecule has 48 heavy (non-hydrogen) atoms. The number of amides is 2. The summed E-state index contributed by atoms with van der Waals surface area (Å²) < 4.78 is 7.24. The van der Waals surface area contributed by atoms with Gasteiger partial charge in [-0.1, -0.05) is 87.5 Å². The minimum atomic E-state index is -0.987. The third-order valence-corrected chi connectivity index (χ3v) is 7.91. The van der Waals surface area contributed by atoms with E-state index in [1.165, 1.54) is 0 Å². The number of hydrogen-bond donors (Lipinski definition) is 2. The van der Waals surface area contributed by atoms with Gasteiger partial charge >= 0.3 is 5.97 Å². The number of anilines is 1. The average molecular weight is 640 g/mol. The van der Waals surface area contributed by atoms with Crippen molar-refractivity contribution >= 4 is 23.5 Å². The second kappa shape index (κ2) is 15.1. The first-order valence-electron chi connectivity index (χ1n) is 15.6. The highest BCUT2D eigenvalue weighted by atomic mass is 16.5. The summed E-state index contributed by atoms with van der Waals surface area (Å²) in [6.45, 7) is 5.67. The lowest BCUT2D eigenvalue weighted by Gasteiger charge is -2.32. The fourth-order valence-electron chi connectivity index (χ4n) is 5.22. The van der Waals surface area contributed by atoms with Crippen LogP contribution in [0.15, 0.2) is 122 Å². The third-order valence-electron chi connectivity index (χ3n) is 7.91. The topological polar surface area (TPSA) is 126 Å². The minimum Gasteiger partial charge on any atom is -0.461 e. The molecule has 0 fully saturated rings. The second-order valence-electron chi connectivity index (χ2n) is 12.5. The van der Waals surface area contributed by atoms with E-state index in [2.05, 4.69) is 21.7 Å². The van der Waals surface area contributed by atoms with E-state index in [1.807, 2.05) is 99.8 Å². The van der Waals surface area contributed by atoms with Crippen molar-refractivity contribution in [2.24, 2.45) is 5.41 Å². The van der Waals surface area contributed by atoms with Gasteiger partial charge in [0.1, 0.15) is 18.7 Å². The molecule has 2 amide bonds. The highest BCUT2D eigenvalue weighted by Crippen LogP contribution is 2.28. The fraction of sp³-hybridized carbons (Fsp3) is 0.205. The molecule has 2 heterocycles. The van der Waals surface area contributed by atoms with E-state index in [1.54, 1.807) is 47.4 Å². The first kappa shape index (κ1) is 33.4. The number of nitrogens with zero attached hydrogens (tertiary/aromatic N) is 3. The number of esters is 1. The largest absolute Gasteiger partial charge is 0.461 e. The first-order chi connectivity index (χ1) is 23.1. The van der Waals surface area contributed by atoms with Crippen molar-refractivity contribution in [3.8, 4) is 28.3 Å². The summed E-state index contributed by atoms with van der Waals surface area (Å²) in [5, 5.41) is 14.9. The smallest absolute Gasteiger partial charge is 0.308 e. The van der Waals surface area contributed by atoms with Crippen LogP contribution in [0.1, 0.15) is 44.4 Å². The summed E-state index contributed by atoms with van der Waals surface area (Å²) in [7, 11) is 0. The lowest BCUT2D eigenvalue weighted by atomic mass is 9.85. The second-order valence-corrected chi connectivity index (χ2v) is 12.5. The summed E-state index contributed by atoms with van der Waals surface area (Å²) in [5.74, 6) is -1.42. The number of nitrogens with one attached hydrogen (secondary N) is 2. The van der Waals surface area contributed by atoms with Crippen LogP contribution in [0.3, 0.4) is 0 Å². The number of benzene rings is 3. The Labute approximate surface area is 280 Å². The van der Waals surface area contributed by atoms with Crippen molar-refractivity contribution in [3.63, 3.8) is 0 Å². The van der Waals surface area contributed by atoms with Crippen LogP contribution < -0.4 is 10.6 Å². The Hall–Kier alpha value is -6.01. The van der Waals surface area contributed by atoms with Gasteiger partial charge in [0.05, 0.1) is 18.1 Å². The van der Waals surface area contributed by atoms with Gasteiger partial charge in [-0.05, 0) is 63.6 Å². The highest BCUT2D eigenvalue weighted by molar-refractivity contribution is 5.98. The first-order valence-corrected chi connectivity index (χ1v) is 15.6. The maximum atomic E-state index is 14.0. The van der Waals surface area contributed by atoms with Crippen molar-refractivity contribution in [3.05, 3.63) is 133 Å². The van der Waals surface area contributed by atoms with Crippen molar-refractivity contribution in [1.29, 1.82) is 5.26 Å². The SMILES string of the molecule is CC(C)(C)[C@H](NC(=O)[C@@H](CC(=O)OCc1ccccc1)n1ccc(-c2ccc(-c3ccc(C#N)cc3)cc2)c1)C(=O)Nc1ccncc1. The number of hydrogen-bond acceptors (Lipinski definition) is 6. The van der Waals surface area contributed by atoms with Crippen molar-refractivity contribution in [1.82, 2.24) is 14.9 Å². The van der Waals surface area contributed by atoms with Crippen LogP contribution in [0.25, 0.3) is 22.3 Å². The number of rotatable bonds is 11. The predicted octanol–water partition coefficient (Wildman–Crippen LogP) is 6.93. The van der Waals surface area contributed by atoms with Crippen molar-refractivity contribution in [2.75, 3.05) is 5.32 Å². The van der Waals surface area contributed by atoms with Crippen LogP contribution in [0.2, 0.25) is 0 Å². The van der Waals surface area contributed by atoms with Gasteiger partial charge in [-0.15, -0.1) is 0 Å².